The highest BCUT2D eigenvalue weighted by molar-refractivity contribution is 6.01. The van der Waals surface area contributed by atoms with Crippen LogP contribution < -0.4 is 10.9 Å². The van der Waals surface area contributed by atoms with Crippen LogP contribution in [0.5, 0.6) is 11.5 Å². The standard InChI is InChI=1S/C29H29N5O4/c1-5-9-20-11-7-13-22(26(20)35)16-30-33-28(37)24-15-25(19(4)32-18(24)3)29(38)34-31-17-23-14-8-12-21(10-6-2)27(23)36/h5-8,11-17,35-36H,1-2,9-10H2,3-4H3,(H,33,37)(H,34,38)/b30-16+,31-17+. The van der Waals surface area contributed by atoms with Gasteiger partial charge < -0.3 is 10.2 Å². The number of hydrogen-bond acceptors (Lipinski definition) is 7. The van der Waals surface area contributed by atoms with E-state index in [-0.39, 0.29) is 22.6 Å². The molecule has 38 heavy (non-hydrogen) atoms. The monoisotopic (exact) mass is 511 g/mol. The number of rotatable bonds is 10. The summed E-state index contributed by atoms with van der Waals surface area (Å²) in [7, 11) is 0. The summed E-state index contributed by atoms with van der Waals surface area (Å²) in [6, 6.07) is 11.8. The van der Waals surface area contributed by atoms with E-state index in [2.05, 4.69) is 39.2 Å². The summed E-state index contributed by atoms with van der Waals surface area (Å²) in [5.74, 6) is -1.04. The molecule has 0 unspecified atom stereocenters. The van der Waals surface area contributed by atoms with E-state index < -0.39 is 11.8 Å². The lowest BCUT2D eigenvalue weighted by Crippen LogP contribution is -2.23. The van der Waals surface area contributed by atoms with Gasteiger partial charge in [-0.15, -0.1) is 13.2 Å². The minimum atomic E-state index is -0.575. The number of benzene rings is 2. The van der Waals surface area contributed by atoms with Crippen LogP contribution in [-0.2, 0) is 12.8 Å². The Morgan fingerprint density at radius 1 is 0.816 bits per heavy atom. The van der Waals surface area contributed by atoms with Gasteiger partial charge in [-0.05, 0) is 56.0 Å². The summed E-state index contributed by atoms with van der Waals surface area (Å²) in [6.45, 7) is 10.6. The number of allylic oxidation sites excluding steroid dienone is 2. The van der Waals surface area contributed by atoms with Gasteiger partial charge in [-0.1, -0.05) is 36.4 Å². The summed E-state index contributed by atoms with van der Waals surface area (Å²) < 4.78 is 0. The third-order valence-electron chi connectivity index (χ3n) is 5.66. The number of pyridine rings is 1. The average molecular weight is 512 g/mol. The maximum atomic E-state index is 12.8. The zero-order chi connectivity index (χ0) is 27.7. The van der Waals surface area contributed by atoms with Crippen molar-refractivity contribution in [3.05, 3.63) is 113 Å². The summed E-state index contributed by atoms with van der Waals surface area (Å²) in [4.78, 5) is 29.9. The van der Waals surface area contributed by atoms with E-state index >= 15 is 0 Å². The fourth-order valence-electron chi connectivity index (χ4n) is 3.70. The number of hydrogen-bond donors (Lipinski definition) is 4. The molecule has 0 aliphatic heterocycles. The number of carbonyl (C=O) groups excluding carboxylic acids is 2. The molecule has 4 N–H and O–H groups in total. The molecule has 0 aliphatic rings. The van der Waals surface area contributed by atoms with E-state index in [0.717, 1.165) is 0 Å². The molecule has 9 heteroatoms. The first-order valence-electron chi connectivity index (χ1n) is 11.7. The van der Waals surface area contributed by atoms with Gasteiger partial charge in [0.1, 0.15) is 11.5 Å². The van der Waals surface area contributed by atoms with Crippen molar-refractivity contribution in [2.75, 3.05) is 0 Å². The molecule has 0 radical (unpaired) electrons. The van der Waals surface area contributed by atoms with Crippen LogP contribution in [0.3, 0.4) is 0 Å². The highest BCUT2D eigenvalue weighted by Crippen LogP contribution is 2.22. The van der Waals surface area contributed by atoms with Crippen LogP contribution in [0.4, 0.5) is 0 Å². The lowest BCUT2D eigenvalue weighted by Gasteiger charge is -2.10. The Hall–Kier alpha value is -5.05. The van der Waals surface area contributed by atoms with E-state index in [1.165, 1.54) is 18.5 Å². The van der Waals surface area contributed by atoms with Crippen LogP contribution in [0.15, 0.2) is 78.0 Å². The van der Waals surface area contributed by atoms with Crippen LogP contribution >= 0.6 is 0 Å². The predicted molar refractivity (Wildman–Crippen MR) is 148 cm³/mol. The summed E-state index contributed by atoms with van der Waals surface area (Å²) in [5, 5.41) is 28.5. The second-order valence-corrected chi connectivity index (χ2v) is 8.35. The molecule has 1 heterocycles. The Kier molecular flexibility index (Phi) is 9.26. The molecule has 1 aromatic heterocycles. The molecule has 0 spiro atoms. The number of nitrogens with zero attached hydrogens (tertiary/aromatic N) is 3. The molecular weight excluding hydrogens is 482 g/mol. The van der Waals surface area contributed by atoms with Gasteiger partial charge in [0.25, 0.3) is 11.8 Å². The number of hydrazone groups is 2. The number of carbonyl (C=O) groups is 2. The molecule has 3 rings (SSSR count). The van der Waals surface area contributed by atoms with Gasteiger partial charge in [-0.25, -0.2) is 10.9 Å². The Bertz CT molecular complexity index is 1340. The number of phenols is 2. The van der Waals surface area contributed by atoms with E-state index in [9.17, 15) is 19.8 Å². The lowest BCUT2D eigenvalue weighted by molar-refractivity contribution is 0.0954. The maximum Gasteiger partial charge on any atom is 0.273 e. The van der Waals surface area contributed by atoms with Gasteiger partial charge in [0, 0.05) is 11.1 Å². The van der Waals surface area contributed by atoms with E-state index in [0.29, 0.717) is 46.5 Å². The summed E-state index contributed by atoms with van der Waals surface area (Å²) in [6.07, 6.45) is 7.00. The Morgan fingerprint density at radius 2 is 1.24 bits per heavy atom. The third-order valence-corrected chi connectivity index (χ3v) is 5.66. The van der Waals surface area contributed by atoms with E-state index in [4.69, 9.17) is 0 Å². The van der Waals surface area contributed by atoms with Crippen LogP contribution in [0.2, 0.25) is 0 Å². The van der Waals surface area contributed by atoms with Crippen molar-refractivity contribution >= 4 is 24.2 Å². The number of amides is 2. The zero-order valence-corrected chi connectivity index (χ0v) is 21.2. The first kappa shape index (κ1) is 27.5. The number of nitrogens with one attached hydrogen (secondary N) is 2. The number of para-hydroxylation sites is 2. The second kappa shape index (κ2) is 12.8. The van der Waals surface area contributed by atoms with Gasteiger partial charge in [-0.3, -0.25) is 14.6 Å². The normalized spacial score (nSPS) is 11.0. The Labute approximate surface area is 221 Å². The lowest BCUT2D eigenvalue weighted by atomic mass is 10.1. The Morgan fingerprint density at radius 3 is 1.63 bits per heavy atom. The van der Waals surface area contributed by atoms with Crippen molar-refractivity contribution in [3.8, 4) is 11.5 Å². The zero-order valence-electron chi connectivity index (χ0n) is 21.2. The second-order valence-electron chi connectivity index (χ2n) is 8.35. The minimum Gasteiger partial charge on any atom is -0.507 e. The van der Waals surface area contributed by atoms with Gasteiger partial charge in [0.15, 0.2) is 0 Å². The SMILES string of the molecule is C=CCc1cccc(/C=N/NC(=O)c2cc(C(=O)N/N=C/c3cccc(CC=C)c3O)c(C)nc2C)c1O. The van der Waals surface area contributed by atoms with Gasteiger partial charge >= 0.3 is 0 Å². The minimum absolute atomic E-state index is 0.0545. The van der Waals surface area contributed by atoms with Crippen LogP contribution in [0.1, 0.15) is 54.4 Å². The molecule has 0 bridgehead atoms. The molecule has 9 nitrogen and oxygen atoms in total. The first-order chi connectivity index (χ1) is 18.3. The molecule has 0 saturated heterocycles. The fraction of sp³-hybridized carbons (Fsp3) is 0.138. The molecule has 0 saturated carbocycles. The van der Waals surface area contributed by atoms with Crippen molar-refractivity contribution in [2.45, 2.75) is 26.7 Å². The third kappa shape index (κ3) is 6.58. The predicted octanol–water partition coefficient (Wildman–Crippen LogP) is 4.09. The molecule has 2 aromatic carbocycles. The van der Waals surface area contributed by atoms with Gasteiger partial charge in [-0.2, -0.15) is 10.2 Å². The van der Waals surface area contributed by atoms with E-state index in [1.54, 1.807) is 62.4 Å². The van der Waals surface area contributed by atoms with Crippen molar-refractivity contribution < 1.29 is 19.8 Å². The number of aryl methyl sites for hydroxylation is 2. The van der Waals surface area contributed by atoms with Crippen molar-refractivity contribution in [1.82, 2.24) is 15.8 Å². The fourth-order valence-corrected chi connectivity index (χ4v) is 3.70. The van der Waals surface area contributed by atoms with E-state index in [1.807, 2.05) is 0 Å². The van der Waals surface area contributed by atoms with Crippen molar-refractivity contribution in [1.29, 1.82) is 0 Å². The summed E-state index contributed by atoms with van der Waals surface area (Å²) >= 11 is 0. The van der Waals surface area contributed by atoms with Crippen LogP contribution in [0, 0.1) is 13.8 Å². The van der Waals surface area contributed by atoms with Gasteiger partial charge in [0.05, 0.1) is 34.9 Å². The first-order valence-corrected chi connectivity index (χ1v) is 11.7. The molecule has 0 fully saturated rings. The molecule has 2 amide bonds. The molecule has 0 atom stereocenters. The van der Waals surface area contributed by atoms with Crippen LogP contribution in [0.25, 0.3) is 0 Å². The largest absolute Gasteiger partial charge is 0.507 e. The number of phenolic OH excluding ortho intramolecular Hbond substituents is 2. The highest BCUT2D eigenvalue weighted by Gasteiger charge is 2.17. The van der Waals surface area contributed by atoms with Crippen LogP contribution in [-0.4, -0.2) is 39.4 Å². The molecule has 0 aliphatic carbocycles. The quantitative estimate of drug-likeness (QED) is 0.185. The molecule has 3 aromatic rings. The topological polar surface area (TPSA) is 136 Å². The number of aromatic hydroxyl groups is 2. The molecular formula is C29H29N5O4. The van der Waals surface area contributed by atoms with Crippen molar-refractivity contribution in [2.24, 2.45) is 10.2 Å². The average Bonchev–Trinajstić information content (AvgIpc) is 2.88. The maximum absolute atomic E-state index is 12.8. The smallest absolute Gasteiger partial charge is 0.273 e. The number of aromatic nitrogens is 1. The summed E-state index contributed by atoms with van der Waals surface area (Å²) in [5.41, 5.74) is 8.18. The highest BCUT2D eigenvalue weighted by atomic mass is 16.3. The molecule has 194 valence electrons. The Balaban J connectivity index is 1.73. The van der Waals surface area contributed by atoms with Gasteiger partial charge in [0.2, 0.25) is 0 Å². The van der Waals surface area contributed by atoms with Crippen molar-refractivity contribution in [3.63, 3.8) is 0 Å².